The van der Waals surface area contributed by atoms with Crippen molar-refractivity contribution >= 4 is 12.2 Å². The standard InChI is InChI=1S/C14H26N2O4/c1-13(2,3)19-11(17)15-10-8-7-9-16(10)12(18)20-14(4,5)6/h10H,7-9H2,1-6H3,(H,15,17). The van der Waals surface area contributed by atoms with Crippen LogP contribution in [0.5, 0.6) is 0 Å². The molecule has 0 spiro atoms. The van der Waals surface area contributed by atoms with Gasteiger partial charge in [0, 0.05) is 6.54 Å². The number of hydrogen-bond acceptors (Lipinski definition) is 4. The van der Waals surface area contributed by atoms with Crippen LogP contribution in [0.2, 0.25) is 0 Å². The van der Waals surface area contributed by atoms with Gasteiger partial charge in [-0.2, -0.15) is 0 Å². The van der Waals surface area contributed by atoms with E-state index >= 15 is 0 Å². The van der Waals surface area contributed by atoms with Crippen LogP contribution in [-0.4, -0.2) is 41.0 Å². The van der Waals surface area contributed by atoms with Crippen molar-refractivity contribution in [2.75, 3.05) is 6.54 Å². The Bertz CT molecular complexity index is 368. The average molecular weight is 286 g/mol. The van der Waals surface area contributed by atoms with E-state index in [9.17, 15) is 9.59 Å². The number of carbonyl (C=O) groups is 2. The van der Waals surface area contributed by atoms with E-state index in [-0.39, 0.29) is 6.17 Å². The molecule has 116 valence electrons. The van der Waals surface area contributed by atoms with Crippen LogP contribution in [0.1, 0.15) is 54.4 Å². The molecular formula is C14H26N2O4. The Labute approximate surface area is 120 Å². The van der Waals surface area contributed by atoms with Crippen LogP contribution >= 0.6 is 0 Å². The smallest absolute Gasteiger partial charge is 0.411 e. The molecule has 1 atom stereocenters. The summed E-state index contributed by atoms with van der Waals surface area (Å²) in [5.74, 6) is 0. The second kappa shape index (κ2) is 5.89. The molecule has 1 unspecified atom stereocenters. The SMILES string of the molecule is CC(C)(C)OC(=O)NC1CCCN1C(=O)OC(C)(C)C. The zero-order chi connectivity index (χ0) is 15.6. The van der Waals surface area contributed by atoms with Crippen LogP contribution in [0.25, 0.3) is 0 Å². The van der Waals surface area contributed by atoms with E-state index in [4.69, 9.17) is 9.47 Å². The van der Waals surface area contributed by atoms with Crippen LogP contribution in [0.4, 0.5) is 9.59 Å². The summed E-state index contributed by atoms with van der Waals surface area (Å²) in [7, 11) is 0. The molecule has 1 saturated heterocycles. The van der Waals surface area contributed by atoms with Crippen molar-refractivity contribution in [1.82, 2.24) is 10.2 Å². The number of ether oxygens (including phenoxy) is 2. The minimum atomic E-state index is -0.556. The summed E-state index contributed by atoms with van der Waals surface area (Å²) in [5, 5.41) is 2.72. The summed E-state index contributed by atoms with van der Waals surface area (Å²) < 4.78 is 10.5. The highest BCUT2D eigenvalue weighted by molar-refractivity contribution is 5.72. The highest BCUT2D eigenvalue weighted by atomic mass is 16.6. The Morgan fingerprint density at radius 3 is 2.10 bits per heavy atom. The summed E-state index contributed by atoms with van der Waals surface area (Å²) in [6.07, 6.45) is 0.256. The van der Waals surface area contributed by atoms with Gasteiger partial charge in [0.25, 0.3) is 0 Å². The molecule has 1 heterocycles. The second-order valence-corrected chi connectivity index (χ2v) is 6.98. The van der Waals surface area contributed by atoms with Crippen LogP contribution in [0.15, 0.2) is 0 Å². The van der Waals surface area contributed by atoms with Crippen molar-refractivity contribution < 1.29 is 19.1 Å². The molecule has 0 aromatic rings. The average Bonchev–Trinajstić information content (AvgIpc) is 2.59. The number of nitrogens with zero attached hydrogens (tertiary/aromatic N) is 1. The number of alkyl carbamates (subject to hydrolysis) is 1. The van der Waals surface area contributed by atoms with Gasteiger partial charge in [-0.3, -0.25) is 4.90 Å². The van der Waals surface area contributed by atoms with Crippen molar-refractivity contribution in [3.05, 3.63) is 0 Å². The maximum absolute atomic E-state index is 12.0. The van der Waals surface area contributed by atoms with Gasteiger partial charge in [-0.1, -0.05) is 0 Å². The Morgan fingerprint density at radius 1 is 1.05 bits per heavy atom. The summed E-state index contributed by atoms with van der Waals surface area (Å²) in [4.78, 5) is 25.3. The first-order valence-electron chi connectivity index (χ1n) is 6.97. The number of nitrogens with one attached hydrogen (secondary N) is 1. The summed E-state index contributed by atoms with van der Waals surface area (Å²) in [6, 6.07) is 0. The number of hydrogen-bond donors (Lipinski definition) is 1. The van der Waals surface area contributed by atoms with E-state index < -0.39 is 23.4 Å². The van der Waals surface area contributed by atoms with Gasteiger partial charge in [0.1, 0.15) is 17.4 Å². The molecule has 2 amide bonds. The third-order valence-corrected chi connectivity index (χ3v) is 2.56. The Balaban J connectivity index is 2.57. The first-order chi connectivity index (χ1) is 8.98. The maximum atomic E-state index is 12.0. The van der Waals surface area contributed by atoms with Gasteiger partial charge in [0.05, 0.1) is 0 Å². The third-order valence-electron chi connectivity index (χ3n) is 2.56. The van der Waals surface area contributed by atoms with E-state index in [0.29, 0.717) is 13.0 Å². The molecule has 6 heteroatoms. The lowest BCUT2D eigenvalue weighted by Crippen LogP contribution is -2.49. The topological polar surface area (TPSA) is 67.9 Å². The van der Waals surface area contributed by atoms with Crippen molar-refractivity contribution in [3.8, 4) is 0 Å². The predicted octanol–water partition coefficient (Wildman–Crippen LogP) is 2.87. The fraction of sp³-hybridized carbons (Fsp3) is 0.857. The van der Waals surface area contributed by atoms with Gasteiger partial charge in [-0.25, -0.2) is 9.59 Å². The molecular weight excluding hydrogens is 260 g/mol. The minimum Gasteiger partial charge on any atom is -0.444 e. The first-order valence-corrected chi connectivity index (χ1v) is 6.97. The van der Waals surface area contributed by atoms with Crippen molar-refractivity contribution in [2.45, 2.75) is 71.8 Å². The maximum Gasteiger partial charge on any atom is 0.411 e. The van der Waals surface area contributed by atoms with Crippen LogP contribution in [0.3, 0.4) is 0 Å². The van der Waals surface area contributed by atoms with Gasteiger partial charge in [-0.05, 0) is 54.4 Å². The number of rotatable bonds is 1. The molecule has 1 aliphatic rings. The van der Waals surface area contributed by atoms with E-state index in [1.807, 2.05) is 20.8 Å². The Kier molecular flexibility index (Phi) is 4.89. The zero-order valence-electron chi connectivity index (χ0n) is 13.3. The quantitative estimate of drug-likeness (QED) is 0.804. The van der Waals surface area contributed by atoms with Gasteiger partial charge in [0.2, 0.25) is 0 Å². The number of amides is 2. The monoisotopic (exact) mass is 286 g/mol. The normalized spacial score (nSPS) is 19.7. The molecule has 0 aliphatic carbocycles. The fourth-order valence-corrected chi connectivity index (χ4v) is 1.90. The molecule has 20 heavy (non-hydrogen) atoms. The molecule has 1 fully saturated rings. The number of likely N-dealkylation sites (tertiary alicyclic amines) is 1. The molecule has 1 N–H and O–H groups in total. The summed E-state index contributed by atoms with van der Waals surface area (Å²) >= 11 is 0. The highest BCUT2D eigenvalue weighted by Crippen LogP contribution is 2.19. The van der Waals surface area contributed by atoms with E-state index in [0.717, 1.165) is 6.42 Å². The van der Waals surface area contributed by atoms with Crippen LogP contribution < -0.4 is 5.32 Å². The Hall–Kier alpha value is -1.46. The van der Waals surface area contributed by atoms with Crippen molar-refractivity contribution in [2.24, 2.45) is 0 Å². The summed E-state index contributed by atoms with van der Waals surface area (Å²) in [6.45, 7) is 11.4. The molecule has 0 aromatic carbocycles. The molecule has 1 aliphatic heterocycles. The summed E-state index contributed by atoms with van der Waals surface area (Å²) in [5.41, 5.74) is -1.10. The lowest BCUT2D eigenvalue weighted by Gasteiger charge is -2.29. The number of carbonyl (C=O) groups excluding carboxylic acids is 2. The second-order valence-electron chi connectivity index (χ2n) is 6.98. The molecule has 0 bridgehead atoms. The largest absolute Gasteiger partial charge is 0.444 e. The lowest BCUT2D eigenvalue weighted by atomic mass is 10.2. The van der Waals surface area contributed by atoms with E-state index in [1.54, 1.807) is 20.8 Å². The van der Waals surface area contributed by atoms with E-state index in [1.165, 1.54) is 4.90 Å². The van der Waals surface area contributed by atoms with Crippen molar-refractivity contribution in [1.29, 1.82) is 0 Å². The van der Waals surface area contributed by atoms with Crippen LogP contribution in [0, 0.1) is 0 Å². The lowest BCUT2D eigenvalue weighted by molar-refractivity contribution is 0.0162. The predicted molar refractivity (Wildman–Crippen MR) is 75.3 cm³/mol. The van der Waals surface area contributed by atoms with Crippen molar-refractivity contribution in [3.63, 3.8) is 0 Å². The zero-order valence-corrected chi connectivity index (χ0v) is 13.3. The van der Waals surface area contributed by atoms with E-state index in [2.05, 4.69) is 5.32 Å². The minimum absolute atomic E-state index is 0.361. The van der Waals surface area contributed by atoms with Gasteiger partial charge in [0.15, 0.2) is 0 Å². The van der Waals surface area contributed by atoms with Crippen LogP contribution in [-0.2, 0) is 9.47 Å². The first kappa shape index (κ1) is 16.6. The highest BCUT2D eigenvalue weighted by Gasteiger charge is 2.33. The molecule has 0 saturated carbocycles. The molecule has 6 nitrogen and oxygen atoms in total. The molecule has 1 rings (SSSR count). The van der Waals surface area contributed by atoms with Gasteiger partial charge in [-0.15, -0.1) is 0 Å². The molecule has 0 aromatic heterocycles. The third kappa shape index (κ3) is 5.67. The fourth-order valence-electron chi connectivity index (χ4n) is 1.90. The molecule has 0 radical (unpaired) electrons. The van der Waals surface area contributed by atoms with Gasteiger partial charge >= 0.3 is 12.2 Å². The van der Waals surface area contributed by atoms with Gasteiger partial charge < -0.3 is 14.8 Å². The Morgan fingerprint density at radius 2 is 1.60 bits per heavy atom.